The van der Waals surface area contributed by atoms with Gasteiger partial charge in [0.2, 0.25) is 0 Å². The first-order valence-corrected chi connectivity index (χ1v) is 3.37. The summed E-state index contributed by atoms with van der Waals surface area (Å²) in [6.45, 7) is 0. The third kappa shape index (κ3) is 1.93. The molecule has 76 valence electrons. The van der Waals surface area contributed by atoms with Crippen LogP contribution in [0.2, 0.25) is 0 Å². The second-order valence-corrected chi connectivity index (χ2v) is 2.46. The van der Waals surface area contributed by atoms with Crippen LogP contribution in [0.25, 0.3) is 0 Å². The molecule has 0 fully saturated rings. The van der Waals surface area contributed by atoms with Gasteiger partial charge in [-0.05, 0) is 6.07 Å². The zero-order valence-corrected chi connectivity index (χ0v) is 6.58. The lowest BCUT2D eigenvalue weighted by atomic mass is 10.2. The predicted octanol–water partition coefficient (Wildman–Crippen LogP) is 2.32. The summed E-state index contributed by atoms with van der Waals surface area (Å²) in [5.41, 5.74) is -1.88. The Morgan fingerprint density at radius 3 is 2.29 bits per heavy atom. The molecule has 7 heteroatoms. The molecule has 0 spiro atoms. The summed E-state index contributed by atoms with van der Waals surface area (Å²) < 4.78 is 36.2. The summed E-state index contributed by atoms with van der Waals surface area (Å²) in [5, 5.41) is 19.0. The molecule has 4 nitrogen and oxygen atoms in total. The van der Waals surface area contributed by atoms with Crippen LogP contribution in [-0.2, 0) is 6.18 Å². The number of rotatable bonds is 1. The van der Waals surface area contributed by atoms with Gasteiger partial charge in [0.1, 0.15) is 5.75 Å². The highest BCUT2D eigenvalue weighted by Gasteiger charge is 2.34. The van der Waals surface area contributed by atoms with Gasteiger partial charge >= 0.3 is 6.18 Å². The molecule has 0 aliphatic rings. The molecule has 14 heavy (non-hydrogen) atoms. The monoisotopic (exact) mass is 207 g/mol. The van der Waals surface area contributed by atoms with Crippen molar-refractivity contribution in [3.05, 3.63) is 33.9 Å². The fourth-order valence-corrected chi connectivity index (χ4v) is 0.873. The molecule has 0 radical (unpaired) electrons. The summed E-state index contributed by atoms with van der Waals surface area (Å²) in [5.74, 6) is -1.15. The second-order valence-electron chi connectivity index (χ2n) is 2.46. The number of hydrogen-bond acceptors (Lipinski definition) is 3. The Kier molecular flexibility index (Phi) is 2.33. The van der Waals surface area contributed by atoms with Gasteiger partial charge in [-0.25, -0.2) is 0 Å². The van der Waals surface area contributed by atoms with E-state index in [-0.39, 0.29) is 0 Å². The molecular formula is C7H4F3NO3. The number of nitrogens with zero attached hydrogens (tertiary/aromatic N) is 1. The van der Waals surface area contributed by atoms with E-state index < -0.39 is 28.1 Å². The third-order valence-electron chi connectivity index (χ3n) is 1.50. The van der Waals surface area contributed by atoms with E-state index in [4.69, 9.17) is 5.11 Å². The Morgan fingerprint density at radius 1 is 1.36 bits per heavy atom. The van der Waals surface area contributed by atoms with Crippen LogP contribution >= 0.6 is 0 Å². The van der Waals surface area contributed by atoms with Gasteiger partial charge in [-0.2, -0.15) is 13.2 Å². The zero-order valence-electron chi connectivity index (χ0n) is 6.58. The molecule has 0 heterocycles. The summed E-state index contributed by atoms with van der Waals surface area (Å²) >= 11 is 0. The molecule has 0 aliphatic carbocycles. The van der Waals surface area contributed by atoms with Gasteiger partial charge in [0, 0.05) is 6.07 Å². The number of benzene rings is 1. The minimum atomic E-state index is -4.71. The van der Waals surface area contributed by atoms with Crippen LogP contribution in [0.5, 0.6) is 5.75 Å². The average Bonchev–Trinajstić information content (AvgIpc) is 2.01. The number of alkyl halides is 3. The predicted molar refractivity (Wildman–Crippen MR) is 39.8 cm³/mol. The highest BCUT2D eigenvalue weighted by Crippen LogP contribution is 2.37. The number of nitro benzene ring substituents is 1. The van der Waals surface area contributed by atoms with E-state index in [2.05, 4.69) is 0 Å². The van der Waals surface area contributed by atoms with Crippen molar-refractivity contribution in [2.75, 3.05) is 0 Å². The van der Waals surface area contributed by atoms with E-state index in [1.54, 1.807) is 0 Å². The standard InChI is InChI=1S/C7H4F3NO3/c8-7(9,10)5-2-1-4(11(13)14)3-6(5)12/h1-3,12H. The van der Waals surface area contributed by atoms with Crippen molar-refractivity contribution in [2.24, 2.45) is 0 Å². The molecule has 0 bridgehead atoms. The van der Waals surface area contributed by atoms with Crippen LogP contribution in [0, 0.1) is 10.1 Å². The fraction of sp³-hybridized carbons (Fsp3) is 0.143. The molecule has 0 aromatic heterocycles. The minimum Gasteiger partial charge on any atom is -0.507 e. The molecule has 1 aromatic carbocycles. The lowest BCUT2D eigenvalue weighted by molar-refractivity contribution is -0.385. The van der Waals surface area contributed by atoms with E-state index in [0.717, 1.165) is 0 Å². The van der Waals surface area contributed by atoms with Crippen LogP contribution < -0.4 is 0 Å². The first-order chi connectivity index (χ1) is 6.32. The molecule has 0 saturated heterocycles. The van der Waals surface area contributed by atoms with Crippen molar-refractivity contribution < 1.29 is 23.2 Å². The van der Waals surface area contributed by atoms with Gasteiger partial charge in [0.05, 0.1) is 16.6 Å². The van der Waals surface area contributed by atoms with Crippen LogP contribution in [0.4, 0.5) is 18.9 Å². The summed E-state index contributed by atoms with van der Waals surface area (Å²) in [6, 6.07) is 1.61. The topological polar surface area (TPSA) is 63.4 Å². The summed E-state index contributed by atoms with van der Waals surface area (Å²) in [6.07, 6.45) is -4.71. The molecule has 1 N–H and O–H groups in total. The van der Waals surface area contributed by atoms with E-state index >= 15 is 0 Å². The Labute approximate surface area is 75.7 Å². The second kappa shape index (κ2) is 3.17. The molecule has 0 amide bonds. The molecule has 0 atom stereocenters. The van der Waals surface area contributed by atoms with Crippen LogP contribution in [0.1, 0.15) is 5.56 Å². The van der Waals surface area contributed by atoms with Gasteiger partial charge in [-0.1, -0.05) is 0 Å². The van der Waals surface area contributed by atoms with Gasteiger partial charge in [-0.15, -0.1) is 0 Å². The highest BCUT2D eigenvalue weighted by atomic mass is 19.4. The fourth-order valence-electron chi connectivity index (χ4n) is 0.873. The smallest absolute Gasteiger partial charge is 0.419 e. The lowest BCUT2D eigenvalue weighted by Gasteiger charge is -2.07. The summed E-state index contributed by atoms with van der Waals surface area (Å²) in [4.78, 5) is 9.24. The van der Waals surface area contributed by atoms with Gasteiger partial charge < -0.3 is 5.11 Å². The van der Waals surface area contributed by atoms with Crippen molar-refractivity contribution >= 4 is 5.69 Å². The molecule has 0 unspecified atom stereocenters. The maximum atomic E-state index is 12.1. The minimum absolute atomic E-state index is 0.461. The maximum Gasteiger partial charge on any atom is 0.419 e. The number of nitro groups is 1. The maximum absolute atomic E-state index is 12.1. The molecule has 1 rings (SSSR count). The van der Waals surface area contributed by atoms with Crippen LogP contribution in [0.3, 0.4) is 0 Å². The van der Waals surface area contributed by atoms with Crippen molar-refractivity contribution in [2.45, 2.75) is 6.18 Å². The van der Waals surface area contributed by atoms with Crippen LogP contribution in [0.15, 0.2) is 18.2 Å². The van der Waals surface area contributed by atoms with Gasteiger partial charge in [0.25, 0.3) is 5.69 Å². The number of halogens is 3. The average molecular weight is 207 g/mol. The Balaban J connectivity index is 3.21. The number of phenols is 1. The van der Waals surface area contributed by atoms with E-state index in [9.17, 15) is 23.3 Å². The SMILES string of the molecule is O=[N+]([O-])c1ccc(C(F)(F)F)c(O)c1. The molecule has 0 saturated carbocycles. The van der Waals surface area contributed by atoms with Crippen molar-refractivity contribution in [1.29, 1.82) is 0 Å². The molecular weight excluding hydrogens is 203 g/mol. The van der Waals surface area contributed by atoms with Crippen LogP contribution in [-0.4, -0.2) is 10.0 Å². The first-order valence-electron chi connectivity index (χ1n) is 3.37. The number of aromatic hydroxyl groups is 1. The van der Waals surface area contributed by atoms with Crippen molar-refractivity contribution in [3.8, 4) is 5.75 Å². The van der Waals surface area contributed by atoms with E-state index in [1.165, 1.54) is 0 Å². The Morgan fingerprint density at radius 2 is 1.93 bits per heavy atom. The Hall–Kier alpha value is -1.79. The molecule has 0 aliphatic heterocycles. The lowest BCUT2D eigenvalue weighted by Crippen LogP contribution is -2.05. The number of hydrogen-bond donors (Lipinski definition) is 1. The first kappa shape index (κ1) is 10.3. The third-order valence-corrected chi connectivity index (χ3v) is 1.50. The largest absolute Gasteiger partial charge is 0.507 e. The zero-order chi connectivity index (χ0) is 10.9. The van der Waals surface area contributed by atoms with E-state index in [0.29, 0.717) is 18.2 Å². The number of phenolic OH excluding ortho intramolecular Hbond substituents is 1. The highest BCUT2D eigenvalue weighted by molar-refractivity contribution is 5.44. The van der Waals surface area contributed by atoms with Gasteiger partial charge in [-0.3, -0.25) is 10.1 Å². The summed E-state index contributed by atoms with van der Waals surface area (Å²) in [7, 11) is 0. The number of non-ortho nitro benzene ring substituents is 1. The normalized spacial score (nSPS) is 11.4. The van der Waals surface area contributed by atoms with Crippen molar-refractivity contribution in [1.82, 2.24) is 0 Å². The van der Waals surface area contributed by atoms with Gasteiger partial charge in [0.15, 0.2) is 0 Å². The Bertz CT molecular complexity index is 375. The van der Waals surface area contributed by atoms with E-state index in [1.807, 2.05) is 0 Å². The quantitative estimate of drug-likeness (QED) is 0.567. The molecule has 1 aromatic rings. The van der Waals surface area contributed by atoms with Crippen molar-refractivity contribution in [3.63, 3.8) is 0 Å².